The second-order valence-corrected chi connectivity index (χ2v) is 10.3. The summed E-state index contributed by atoms with van der Waals surface area (Å²) in [4.78, 5) is 25.6. The van der Waals surface area contributed by atoms with Crippen molar-refractivity contribution in [3.8, 4) is 0 Å². The highest BCUT2D eigenvalue weighted by atomic mass is 16.2. The number of nitrogens with one attached hydrogen (secondary N) is 2. The zero-order valence-corrected chi connectivity index (χ0v) is 25.7. The minimum atomic E-state index is -0.168. The number of para-hydroxylation sites is 1. The Balaban J connectivity index is 0.000000745. The predicted molar refractivity (Wildman–Crippen MR) is 173 cm³/mol. The third kappa shape index (κ3) is 11.2. The third-order valence-corrected chi connectivity index (χ3v) is 6.96. The molecule has 1 heterocycles. The Morgan fingerprint density at radius 1 is 0.878 bits per heavy atom. The minimum absolute atomic E-state index is 0.0923. The molecule has 1 aliphatic heterocycles. The first kappa shape index (κ1) is 33.8. The highest BCUT2D eigenvalue weighted by molar-refractivity contribution is 6.30. The molecule has 0 fully saturated rings. The number of carbonyl (C=O) groups excluding carboxylic acids is 2. The largest absolute Gasteiger partial charge is 0.361 e. The first-order chi connectivity index (χ1) is 20.0. The number of benzene rings is 2. The molecule has 3 rings (SSSR count). The summed E-state index contributed by atoms with van der Waals surface area (Å²) in [5.74, 6) is -0.261. The number of amides is 2. The van der Waals surface area contributed by atoms with Crippen LogP contribution in [0.25, 0.3) is 0 Å². The van der Waals surface area contributed by atoms with Gasteiger partial charge in [0.05, 0.1) is 17.0 Å². The van der Waals surface area contributed by atoms with Gasteiger partial charge in [-0.2, -0.15) is 10.1 Å². The van der Waals surface area contributed by atoms with E-state index in [1.54, 1.807) is 30.5 Å². The van der Waals surface area contributed by atoms with Crippen LogP contribution in [0, 0.1) is 0 Å². The van der Waals surface area contributed by atoms with E-state index in [0.717, 1.165) is 43.6 Å². The summed E-state index contributed by atoms with van der Waals surface area (Å²) < 4.78 is 0. The second-order valence-electron chi connectivity index (χ2n) is 10.3. The number of unbranched alkanes of at least 4 members (excludes halogenated alkanes) is 6. The van der Waals surface area contributed by atoms with Gasteiger partial charge in [-0.3, -0.25) is 9.59 Å². The number of aryl methyl sites for hydroxylation is 1. The highest BCUT2D eigenvalue weighted by Gasteiger charge is 2.30. The van der Waals surface area contributed by atoms with Crippen molar-refractivity contribution < 1.29 is 9.59 Å². The van der Waals surface area contributed by atoms with Crippen LogP contribution < -0.4 is 21.4 Å². The zero-order valence-electron chi connectivity index (χ0n) is 25.7. The lowest BCUT2D eigenvalue weighted by atomic mass is 10.1. The van der Waals surface area contributed by atoms with Crippen molar-refractivity contribution in [3.05, 3.63) is 71.4 Å². The number of anilines is 2. The van der Waals surface area contributed by atoms with Gasteiger partial charge in [0.25, 0.3) is 11.8 Å². The van der Waals surface area contributed by atoms with Crippen molar-refractivity contribution >= 4 is 28.9 Å². The topological polar surface area (TPSA) is 99.8 Å². The normalized spacial score (nSPS) is 13.6. The summed E-state index contributed by atoms with van der Waals surface area (Å²) in [6.45, 7) is 10.1. The maximum atomic E-state index is 13.2. The van der Waals surface area contributed by atoms with E-state index in [9.17, 15) is 9.59 Å². The van der Waals surface area contributed by atoms with Gasteiger partial charge < -0.3 is 16.4 Å². The Hall–Kier alpha value is -3.45. The summed E-state index contributed by atoms with van der Waals surface area (Å²) in [6.07, 6.45) is 13.9. The molecule has 0 unspecified atom stereocenters. The molecule has 0 spiro atoms. The number of rotatable bonds is 16. The number of nitrogens with zero attached hydrogens (tertiary/aromatic N) is 2. The SMILES string of the molecule is CCCCCCN.CCCCCCNC(=O)c1ccc(N2N=C(CCC)C(=CNc3ccccc3CC)C2=O)cc1. The second kappa shape index (κ2) is 19.6. The lowest BCUT2D eigenvalue weighted by Crippen LogP contribution is -2.25. The Bertz CT molecular complexity index is 1120. The van der Waals surface area contributed by atoms with E-state index in [4.69, 9.17) is 5.73 Å². The number of hydrogen-bond donors (Lipinski definition) is 3. The Morgan fingerprint density at radius 3 is 2.20 bits per heavy atom. The van der Waals surface area contributed by atoms with Crippen LogP contribution in [0.5, 0.6) is 0 Å². The van der Waals surface area contributed by atoms with Crippen LogP contribution in [0.15, 0.2) is 65.4 Å². The zero-order chi connectivity index (χ0) is 29.9. The first-order valence-electron chi connectivity index (χ1n) is 15.6. The molecule has 0 aliphatic carbocycles. The number of hydrogen-bond acceptors (Lipinski definition) is 5. The predicted octanol–water partition coefficient (Wildman–Crippen LogP) is 7.58. The van der Waals surface area contributed by atoms with Gasteiger partial charge in [-0.15, -0.1) is 0 Å². The number of nitrogens with two attached hydrogens (primary N) is 1. The lowest BCUT2D eigenvalue weighted by molar-refractivity contribution is -0.114. The van der Waals surface area contributed by atoms with Crippen LogP contribution in [0.4, 0.5) is 11.4 Å². The van der Waals surface area contributed by atoms with Crippen LogP contribution >= 0.6 is 0 Å². The van der Waals surface area contributed by atoms with Crippen molar-refractivity contribution in [2.24, 2.45) is 10.8 Å². The van der Waals surface area contributed by atoms with Crippen molar-refractivity contribution in [3.63, 3.8) is 0 Å². The molecular formula is C34H51N5O2. The van der Waals surface area contributed by atoms with Crippen molar-refractivity contribution in [1.82, 2.24) is 5.32 Å². The molecule has 7 heteroatoms. The van der Waals surface area contributed by atoms with Crippen molar-refractivity contribution in [1.29, 1.82) is 0 Å². The molecule has 0 saturated carbocycles. The monoisotopic (exact) mass is 561 g/mol. The summed E-state index contributed by atoms with van der Waals surface area (Å²) in [5, 5.41) is 12.3. The van der Waals surface area contributed by atoms with Crippen LogP contribution in [0.1, 0.15) is 108 Å². The number of hydrazone groups is 1. The van der Waals surface area contributed by atoms with Gasteiger partial charge in [-0.05, 0) is 68.1 Å². The smallest absolute Gasteiger partial charge is 0.282 e. The molecule has 0 saturated heterocycles. The molecule has 2 aromatic rings. The maximum Gasteiger partial charge on any atom is 0.282 e. The van der Waals surface area contributed by atoms with E-state index >= 15 is 0 Å². The van der Waals surface area contributed by atoms with Crippen LogP contribution in [0.2, 0.25) is 0 Å². The molecule has 0 aromatic heterocycles. The third-order valence-electron chi connectivity index (χ3n) is 6.96. The molecular weight excluding hydrogens is 510 g/mol. The van der Waals surface area contributed by atoms with Crippen LogP contribution in [0.3, 0.4) is 0 Å². The van der Waals surface area contributed by atoms with E-state index in [1.165, 1.54) is 49.1 Å². The first-order valence-corrected chi connectivity index (χ1v) is 15.6. The van der Waals surface area contributed by atoms with E-state index in [1.807, 2.05) is 18.2 Å². The van der Waals surface area contributed by atoms with Gasteiger partial charge in [0.2, 0.25) is 0 Å². The lowest BCUT2D eigenvalue weighted by Gasteiger charge is -2.13. The molecule has 224 valence electrons. The van der Waals surface area contributed by atoms with Crippen molar-refractivity contribution in [2.75, 3.05) is 23.4 Å². The van der Waals surface area contributed by atoms with Crippen molar-refractivity contribution in [2.45, 2.75) is 98.3 Å². The van der Waals surface area contributed by atoms with Gasteiger partial charge in [0.1, 0.15) is 0 Å². The van der Waals surface area contributed by atoms with Gasteiger partial charge in [0.15, 0.2) is 0 Å². The van der Waals surface area contributed by atoms with Crippen LogP contribution in [-0.2, 0) is 11.2 Å². The molecule has 0 atom stereocenters. The molecule has 0 bridgehead atoms. The van der Waals surface area contributed by atoms with E-state index < -0.39 is 0 Å². The van der Waals surface area contributed by atoms with Crippen LogP contribution in [-0.4, -0.2) is 30.6 Å². The van der Waals surface area contributed by atoms with Gasteiger partial charge >= 0.3 is 0 Å². The molecule has 2 aromatic carbocycles. The summed E-state index contributed by atoms with van der Waals surface area (Å²) in [7, 11) is 0. The minimum Gasteiger partial charge on any atom is -0.361 e. The molecule has 41 heavy (non-hydrogen) atoms. The molecule has 1 aliphatic rings. The summed E-state index contributed by atoms with van der Waals surface area (Å²) in [6, 6.07) is 15.1. The summed E-state index contributed by atoms with van der Waals surface area (Å²) >= 11 is 0. The maximum absolute atomic E-state index is 13.2. The van der Waals surface area contributed by atoms with Gasteiger partial charge in [-0.25, -0.2) is 0 Å². The molecule has 4 N–H and O–H groups in total. The molecule has 7 nitrogen and oxygen atoms in total. The van der Waals surface area contributed by atoms with Gasteiger partial charge in [-0.1, -0.05) is 90.8 Å². The Morgan fingerprint density at radius 2 is 1.56 bits per heavy atom. The fourth-order valence-corrected chi connectivity index (χ4v) is 4.50. The fraction of sp³-hybridized carbons (Fsp3) is 0.500. The highest BCUT2D eigenvalue weighted by Crippen LogP contribution is 2.26. The Kier molecular flexibility index (Phi) is 16.1. The quantitative estimate of drug-likeness (QED) is 0.145. The standard InChI is InChI=1S/C28H36N4O2.C6H15N/c1-4-7-8-11-19-29-27(33)22-15-17-23(18-16-22)32-28(34)24(26(31-32)12-5-2)20-30-25-14-10-9-13-21(25)6-3;1-2-3-4-5-6-7/h9-10,13-18,20,30H,4-8,11-12,19H2,1-3H3,(H,29,33);2-7H2,1H3. The molecule has 2 amide bonds. The Labute approximate surface area is 247 Å². The van der Waals surface area contributed by atoms with Gasteiger partial charge in [0, 0.05) is 24.0 Å². The van der Waals surface area contributed by atoms with E-state index in [-0.39, 0.29) is 11.8 Å². The van der Waals surface area contributed by atoms with E-state index in [0.29, 0.717) is 29.8 Å². The molecule has 0 radical (unpaired) electrons. The average molecular weight is 562 g/mol. The average Bonchev–Trinajstić information content (AvgIpc) is 3.31. The fourth-order valence-electron chi connectivity index (χ4n) is 4.50. The van der Waals surface area contributed by atoms with E-state index in [2.05, 4.69) is 49.5 Å². The summed E-state index contributed by atoms with van der Waals surface area (Å²) in [5.41, 5.74) is 10.0. The number of carbonyl (C=O) groups is 2.